The molecule has 4 aromatic rings. The molecule has 0 radical (unpaired) electrons. The molecule has 2 heterocycles. The summed E-state index contributed by atoms with van der Waals surface area (Å²) in [7, 11) is 1.65. The standard InChI is InChI=1S/C20H16N4OS/c1-25-16-9-7-14(8-10-16)11-23-24-19-18-17(15-5-3-2-4-6-15)12-26-20(18)22-13-21-19/h2-13H,1H3,(H,21,22,24)/b23-11+. The molecule has 0 spiro atoms. The second kappa shape index (κ2) is 7.33. The van der Waals surface area contributed by atoms with E-state index in [0.717, 1.165) is 32.7 Å². The molecule has 2 aromatic heterocycles. The van der Waals surface area contributed by atoms with Crippen LogP contribution >= 0.6 is 11.3 Å². The Bertz CT molecular complexity index is 1040. The summed E-state index contributed by atoms with van der Waals surface area (Å²) in [6, 6.07) is 17.9. The van der Waals surface area contributed by atoms with E-state index in [-0.39, 0.29) is 0 Å². The molecular weight excluding hydrogens is 344 g/mol. The van der Waals surface area contributed by atoms with Gasteiger partial charge in [0, 0.05) is 10.9 Å². The van der Waals surface area contributed by atoms with Gasteiger partial charge < -0.3 is 4.74 Å². The van der Waals surface area contributed by atoms with Crippen molar-refractivity contribution in [3.63, 3.8) is 0 Å². The van der Waals surface area contributed by atoms with Crippen LogP contribution in [0.25, 0.3) is 21.3 Å². The normalized spacial score (nSPS) is 11.1. The predicted octanol–water partition coefficient (Wildman–Crippen LogP) is 4.81. The minimum Gasteiger partial charge on any atom is -0.497 e. The number of ether oxygens (including phenoxy) is 1. The third-order valence-electron chi connectivity index (χ3n) is 3.95. The maximum Gasteiger partial charge on any atom is 0.159 e. The van der Waals surface area contributed by atoms with Crippen molar-refractivity contribution < 1.29 is 4.74 Å². The molecular formula is C20H16N4OS. The van der Waals surface area contributed by atoms with Gasteiger partial charge in [-0.05, 0) is 35.4 Å². The van der Waals surface area contributed by atoms with E-state index in [4.69, 9.17) is 4.74 Å². The minimum atomic E-state index is 0.694. The number of thiophene rings is 1. The lowest BCUT2D eigenvalue weighted by molar-refractivity contribution is 0.415. The average Bonchev–Trinajstić information content (AvgIpc) is 3.14. The van der Waals surface area contributed by atoms with Crippen molar-refractivity contribution in [3.05, 3.63) is 71.9 Å². The van der Waals surface area contributed by atoms with Crippen molar-refractivity contribution in [2.45, 2.75) is 0 Å². The van der Waals surface area contributed by atoms with E-state index in [0.29, 0.717) is 5.82 Å². The summed E-state index contributed by atoms with van der Waals surface area (Å²) in [4.78, 5) is 9.68. The molecule has 0 unspecified atom stereocenters. The summed E-state index contributed by atoms with van der Waals surface area (Å²) >= 11 is 1.60. The molecule has 4 rings (SSSR count). The van der Waals surface area contributed by atoms with Gasteiger partial charge in [-0.15, -0.1) is 11.3 Å². The number of aromatic nitrogens is 2. The van der Waals surface area contributed by atoms with Crippen LogP contribution in [0.1, 0.15) is 5.56 Å². The summed E-state index contributed by atoms with van der Waals surface area (Å²) in [5.74, 6) is 1.51. The van der Waals surface area contributed by atoms with E-state index in [1.165, 1.54) is 0 Å². The van der Waals surface area contributed by atoms with E-state index >= 15 is 0 Å². The highest BCUT2D eigenvalue weighted by molar-refractivity contribution is 7.17. The van der Waals surface area contributed by atoms with Gasteiger partial charge in [0.05, 0.1) is 18.7 Å². The second-order valence-electron chi connectivity index (χ2n) is 5.56. The highest BCUT2D eigenvalue weighted by Crippen LogP contribution is 2.36. The average molecular weight is 360 g/mol. The van der Waals surface area contributed by atoms with Crippen LogP contribution in [-0.2, 0) is 0 Å². The quantitative estimate of drug-likeness (QED) is 0.410. The zero-order chi connectivity index (χ0) is 17.8. The van der Waals surface area contributed by atoms with Crippen molar-refractivity contribution in [2.75, 3.05) is 12.5 Å². The SMILES string of the molecule is COc1ccc(/C=N/Nc2ncnc3scc(-c4ccccc4)c23)cc1. The van der Waals surface area contributed by atoms with Crippen LogP contribution < -0.4 is 10.2 Å². The summed E-state index contributed by atoms with van der Waals surface area (Å²) in [6.07, 6.45) is 3.31. The Labute approximate surface area is 155 Å². The first-order chi connectivity index (χ1) is 12.8. The van der Waals surface area contributed by atoms with E-state index in [9.17, 15) is 0 Å². The van der Waals surface area contributed by atoms with Gasteiger partial charge in [-0.25, -0.2) is 9.97 Å². The number of fused-ring (bicyclic) bond motifs is 1. The van der Waals surface area contributed by atoms with E-state index in [1.54, 1.807) is 31.0 Å². The number of hydrazone groups is 1. The predicted molar refractivity (Wildman–Crippen MR) is 107 cm³/mol. The zero-order valence-corrected chi connectivity index (χ0v) is 14.9. The summed E-state index contributed by atoms with van der Waals surface area (Å²) in [5.41, 5.74) is 6.26. The van der Waals surface area contributed by atoms with Gasteiger partial charge in [0.2, 0.25) is 0 Å². The van der Waals surface area contributed by atoms with Crippen molar-refractivity contribution in [1.29, 1.82) is 0 Å². The maximum absolute atomic E-state index is 5.16. The first-order valence-electron chi connectivity index (χ1n) is 8.06. The molecule has 1 N–H and O–H groups in total. The van der Waals surface area contributed by atoms with Crippen molar-refractivity contribution in [3.8, 4) is 16.9 Å². The maximum atomic E-state index is 5.16. The summed E-state index contributed by atoms with van der Waals surface area (Å²) < 4.78 is 5.16. The van der Waals surface area contributed by atoms with Crippen LogP contribution in [0, 0.1) is 0 Å². The number of benzene rings is 2. The second-order valence-corrected chi connectivity index (χ2v) is 6.42. The third-order valence-corrected chi connectivity index (χ3v) is 4.84. The zero-order valence-electron chi connectivity index (χ0n) is 14.1. The van der Waals surface area contributed by atoms with Gasteiger partial charge in [-0.3, -0.25) is 5.43 Å². The molecule has 2 aromatic carbocycles. The van der Waals surface area contributed by atoms with E-state index in [1.807, 2.05) is 42.5 Å². The van der Waals surface area contributed by atoms with Gasteiger partial charge in [-0.1, -0.05) is 30.3 Å². The molecule has 0 aliphatic rings. The van der Waals surface area contributed by atoms with Crippen molar-refractivity contribution in [1.82, 2.24) is 9.97 Å². The molecule has 128 valence electrons. The van der Waals surface area contributed by atoms with Gasteiger partial charge in [0.15, 0.2) is 5.82 Å². The lowest BCUT2D eigenvalue weighted by atomic mass is 10.1. The van der Waals surface area contributed by atoms with E-state index < -0.39 is 0 Å². The van der Waals surface area contributed by atoms with Gasteiger partial charge in [0.25, 0.3) is 0 Å². The molecule has 0 amide bonds. The Morgan fingerprint density at radius 2 is 1.85 bits per heavy atom. The first-order valence-corrected chi connectivity index (χ1v) is 8.94. The van der Waals surface area contributed by atoms with Gasteiger partial charge in [0.1, 0.15) is 16.9 Å². The fourth-order valence-corrected chi connectivity index (χ4v) is 3.56. The number of methoxy groups -OCH3 is 1. The van der Waals surface area contributed by atoms with Crippen LogP contribution in [-0.4, -0.2) is 23.3 Å². The largest absolute Gasteiger partial charge is 0.497 e. The topological polar surface area (TPSA) is 59.4 Å². The molecule has 5 nitrogen and oxygen atoms in total. The molecule has 0 atom stereocenters. The molecule has 0 saturated carbocycles. The number of nitrogens with zero attached hydrogens (tertiary/aromatic N) is 3. The molecule has 0 aliphatic heterocycles. The third kappa shape index (κ3) is 3.27. The first kappa shape index (κ1) is 16.2. The van der Waals surface area contributed by atoms with Crippen LogP contribution in [0.3, 0.4) is 0 Å². The Hall–Kier alpha value is -3.25. The Kier molecular flexibility index (Phi) is 4.57. The molecule has 0 saturated heterocycles. The minimum absolute atomic E-state index is 0.694. The van der Waals surface area contributed by atoms with Crippen LogP contribution in [0.15, 0.2) is 71.4 Å². The Morgan fingerprint density at radius 1 is 1.04 bits per heavy atom. The van der Waals surface area contributed by atoms with Gasteiger partial charge >= 0.3 is 0 Å². The number of hydrogen-bond donors (Lipinski definition) is 1. The van der Waals surface area contributed by atoms with Crippen molar-refractivity contribution in [2.24, 2.45) is 5.10 Å². The molecule has 6 heteroatoms. The number of rotatable bonds is 5. The smallest absolute Gasteiger partial charge is 0.159 e. The Balaban J connectivity index is 1.64. The monoisotopic (exact) mass is 360 g/mol. The fraction of sp³-hybridized carbons (Fsp3) is 0.0500. The van der Waals surface area contributed by atoms with Crippen LogP contribution in [0.2, 0.25) is 0 Å². The fourth-order valence-electron chi connectivity index (χ4n) is 2.65. The molecule has 0 fully saturated rings. The molecule has 26 heavy (non-hydrogen) atoms. The lowest BCUT2D eigenvalue weighted by Crippen LogP contribution is -1.95. The molecule has 0 aliphatic carbocycles. The summed E-state index contributed by atoms with van der Waals surface area (Å²) in [6.45, 7) is 0. The highest BCUT2D eigenvalue weighted by Gasteiger charge is 2.12. The Morgan fingerprint density at radius 3 is 2.62 bits per heavy atom. The highest BCUT2D eigenvalue weighted by atomic mass is 32.1. The van der Waals surface area contributed by atoms with Crippen LogP contribution in [0.5, 0.6) is 5.75 Å². The number of hydrogen-bond acceptors (Lipinski definition) is 6. The summed E-state index contributed by atoms with van der Waals surface area (Å²) in [5, 5.41) is 7.42. The van der Waals surface area contributed by atoms with Crippen LogP contribution in [0.4, 0.5) is 5.82 Å². The molecule has 0 bridgehead atoms. The van der Waals surface area contributed by atoms with E-state index in [2.05, 4.69) is 38.0 Å². The van der Waals surface area contributed by atoms with Crippen molar-refractivity contribution >= 4 is 33.6 Å². The number of nitrogens with one attached hydrogen (secondary N) is 1. The van der Waals surface area contributed by atoms with Gasteiger partial charge in [-0.2, -0.15) is 5.10 Å². The number of anilines is 1. The lowest BCUT2D eigenvalue weighted by Gasteiger charge is -2.04.